The average Bonchev–Trinajstić information content (AvgIpc) is 2.71. The van der Waals surface area contributed by atoms with Crippen molar-refractivity contribution in [2.75, 3.05) is 13.2 Å². The number of rotatable bonds is 5. The van der Waals surface area contributed by atoms with Gasteiger partial charge in [-0.25, -0.2) is 4.79 Å². The van der Waals surface area contributed by atoms with Crippen molar-refractivity contribution in [3.63, 3.8) is 0 Å². The normalized spacial score (nSPS) is 19.0. The van der Waals surface area contributed by atoms with E-state index in [0.717, 1.165) is 37.2 Å². The van der Waals surface area contributed by atoms with Gasteiger partial charge in [0.25, 0.3) is 0 Å². The molecule has 1 atom stereocenters. The number of carbonyl (C=O) groups is 1. The summed E-state index contributed by atoms with van der Waals surface area (Å²) in [5.74, 6) is 0.0818. The van der Waals surface area contributed by atoms with E-state index < -0.39 is 0 Å². The predicted molar refractivity (Wildman–Crippen MR) is 80.2 cm³/mol. The van der Waals surface area contributed by atoms with Gasteiger partial charge in [0.1, 0.15) is 0 Å². The van der Waals surface area contributed by atoms with E-state index in [1.54, 1.807) is 4.57 Å². The fourth-order valence-electron chi connectivity index (χ4n) is 3.07. The Balaban J connectivity index is 1.98. The van der Waals surface area contributed by atoms with E-state index in [0.29, 0.717) is 19.4 Å². The molecule has 0 spiro atoms. The minimum Gasteiger partial charge on any atom is -0.396 e. The third kappa shape index (κ3) is 3.56. The maximum Gasteiger partial charge on any atom is 0.325 e. The van der Waals surface area contributed by atoms with Crippen LogP contribution in [0.3, 0.4) is 0 Å². The Morgan fingerprint density at radius 3 is 2.76 bits per heavy atom. The zero-order chi connectivity index (χ0) is 15.4. The van der Waals surface area contributed by atoms with Gasteiger partial charge in [0, 0.05) is 43.5 Å². The summed E-state index contributed by atoms with van der Waals surface area (Å²) in [5.41, 5.74) is 1.59. The number of aliphatic hydroxyl groups excluding tert-OH is 1. The topological polar surface area (TPSA) is 78.3 Å². The highest BCUT2D eigenvalue weighted by atomic mass is 16.3. The van der Waals surface area contributed by atoms with Crippen molar-refractivity contribution >= 4 is 5.91 Å². The van der Waals surface area contributed by atoms with Crippen LogP contribution in [0.25, 0.3) is 0 Å². The monoisotopic (exact) mass is 295 g/mol. The van der Waals surface area contributed by atoms with Gasteiger partial charge in [-0.3, -0.25) is 9.36 Å². The molecule has 6 nitrogen and oxygen atoms in total. The van der Waals surface area contributed by atoms with Crippen molar-refractivity contribution in [2.24, 2.45) is 0 Å². The molecule has 2 heterocycles. The van der Waals surface area contributed by atoms with Crippen molar-refractivity contribution in [3.05, 3.63) is 21.9 Å². The van der Waals surface area contributed by atoms with Crippen molar-refractivity contribution in [2.45, 2.75) is 58.5 Å². The van der Waals surface area contributed by atoms with Crippen molar-refractivity contribution in [3.8, 4) is 0 Å². The number of aromatic amines is 1. The first-order valence-corrected chi connectivity index (χ1v) is 7.71. The first-order chi connectivity index (χ1) is 10.0. The summed E-state index contributed by atoms with van der Waals surface area (Å²) >= 11 is 0. The number of H-pyrrole nitrogens is 1. The first-order valence-electron chi connectivity index (χ1n) is 7.71. The molecule has 1 aliphatic rings. The molecule has 0 radical (unpaired) electrons. The summed E-state index contributed by atoms with van der Waals surface area (Å²) in [6.45, 7) is 5.04. The maximum absolute atomic E-state index is 12.4. The van der Waals surface area contributed by atoms with Gasteiger partial charge >= 0.3 is 5.69 Å². The van der Waals surface area contributed by atoms with Crippen LogP contribution in [0, 0.1) is 13.8 Å². The molecular formula is C15H25N3O3. The van der Waals surface area contributed by atoms with Crippen LogP contribution in [0.15, 0.2) is 4.79 Å². The molecule has 1 saturated heterocycles. The van der Waals surface area contributed by atoms with Crippen LogP contribution in [0.4, 0.5) is 0 Å². The Labute approximate surface area is 124 Å². The van der Waals surface area contributed by atoms with Gasteiger partial charge in [-0.15, -0.1) is 0 Å². The van der Waals surface area contributed by atoms with Crippen molar-refractivity contribution in [1.29, 1.82) is 0 Å². The second-order valence-electron chi connectivity index (χ2n) is 5.79. The summed E-state index contributed by atoms with van der Waals surface area (Å²) < 4.78 is 1.62. The highest BCUT2D eigenvalue weighted by molar-refractivity contribution is 5.76. The molecule has 2 N–H and O–H groups in total. The molecule has 21 heavy (non-hydrogen) atoms. The van der Waals surface area contributed by atoms with Gasteiger partial charge in [-0.2, -0.15) is 0 Å². The van der Waals surface area contributed by atoms with E-state index in [1.165, 1.54) is 0 Å². The maximum atomic E-state index is 12.4. The number of nitrogens with one attached hydrogen (secondary N) is 1. The largest absolute Gasteiger partial charge is 0.396 e. The average molecular weight is 295 g/mol. The summed E-state index contributed by atoms with van der Waals surface area (Å²) in [7, 11) is 0. The molecule has 6 heteroatoms. The van der Waals surface area contributed by atoms with Crippen LogP contribution in [0.1, 0.15) is 43.5 Å². The molecule has 0 saturated carbocycles. The van der Waals surface area contributed by atoms with E-state index in [-0.39, 0.29) is 24.2 Å². The number of hydrogen-bond donors (Lipinski definition) is 2. The number of hydrogen-bond acceptors (Lipinski definition) is 3. The highest BCUT2D eigenvalue weighted by Crippen LogP contribution is 2.20. The van der Waals surface area contributed by atoms with Gasteiger partial charge in [-0.1, -0.05) is 0 Å². The highest BCUT2D eigenvalue weighted by Gasteiger charge is 2.26. The van der Waals surface area contributed by atoms with Crippen LogP contribution < -0.4 is 5.69 Å². The molecule has 0 aliphatic carbocycles. The summed E-state index contributed by atoms with van der Waals surface area (Å²) in [6.07, 6.45) is 4.09. The van der Waals surface area contributed by atoms with E-state index in [2.05, 4.69) is 4.98 Å². The lowest BCUT2D eigenvalue weighted by Crippen LogP contribution is -2.44. The number of aryl methyl sites for hydroxylation is 1. The molecular weight excluding hydrogens is 270 g/mol. The van der Waals surface area contributed by atoms with E-state index >= 15 is 0 Å². The minimum atomic E-state index is -0.150. The van der Waals surface area contributed by atoms with E-state index in [4.69, 9.17) is 5.11 Å². The molecule has 1 fully saturated rings. The number of nitrogens with zero attached hydrogens (tertiary/aromatic N) is 2. The number of imidazole rings is 1. The van der Waals surface area contributed by atoms with E-state index in [9.17, 15) is 9.59 Å². The fourth-order valence-corrected chi connectivity index (χ4v) is 3.07. The molecule has 0 aromatic carbocycles. The molecule has 1 unspecified atom stereocenters. The van der Waals surface area contributed by atoms with Crippen LogP contribution in [-0.4, -0.2) is 44.7 Å². The fraction of sp³-hybridized carbons (Fsp3) is 0.733. The summed E-state index contributed by atoms with van der Waals surface area (Å²) in [5, 5.41) is 9.11. The van der Waals surface area contributed by atoms with Crippen LogP contribution in [0.2, 0.25) is 0 Å². The summed E-state index contributed by atoms with van der Waals surface area (Å²) in [4.78, 5) is 28.8. The van der Waals surface area contributed by atoms with Gasteiger partial charge < -0.3 is 15.0 Å². The molecule has 1 aromatic rings. The third-order valence-corrected chi connectivity index (χ3v) is 4.45. The molecule has 1 amide bonds. The quantitative estimate of drug-likeness (QED) is 0.849. The second-order valence-corrected chi connectivity index (χ2v) is 5.79. The Hall–Kier alpha value is -1.56. The molecule has 118 valence electrons. The number of aromatic nitrogens is 2. The lowest BCUT2D eigenvalue weighted by Gasteiger charge is -2.35. The van der Waals surface area contributed by atoms with E-state index in [1.807, 2.05) is 18.7 Å². The number of piperidine rings is 1. The predicted octanol–water partition coefficient (Wildman–Crippen LogP) is 0.947. The number of likely N-dealkylation sites (tertiary alicyclic amines) is 1. The second kappa shape index (κ2) is 6.93. The SMILES string of the molecule is Cc1[nH]c(=O)n(CCC(=O)N2CCCCC2CCO)c1C. The standard InChI is InChI=1S/C15H25N3O3/c1-11-12(2)17(15(21)16-11)9-6-14(20)18-8-4-3-5-13(18)7-10-19/h13,19H,3-10H2,1-2H3,(H,16,21). The van der Waals surface area contributed by atoms with Crippen LogP contribution >= 0.6 is 0 Å². The first kappa shape index (κ1) is 15.8. The Morgan fingerprint density at radius 1 is 1.38 bits per heavy atom. The van der Waals surface area contributed by atoms with Crippen LogP contribution in [-0.2, 0) is 11.3 Å². The Morgan fingerprint density at radius 2 is 2.14 bits per heavy atom. The van der Waals surface area contributed by atoms with Gasteiger partial charge in [0.2, 0.25) is 5.91 Å². The molecule has 1 aromatic heterocycles. The lowest BCUT2D eigenvalue weighted by molar-refractivity contribution is -0.135. The van der Waals surface area contributed by atoms with Crippen molar-refractivity contribution < 1.29 is 9.90 Å². The summed E-state index contributed by atoms with van der Waals surface area (Å²) in [6, 6.07) is 0.155. The minimum absolute atomic E-state index is 0.0818. The molecule has 0 bridgehead atoms. The smallest absolute Gasteiger partial charge is 0.325 e. The Bertz CT molecular complexity index is 545. The number of aliphatic hydroxyl groups is 1. The number of amides is 1. The van der Waals surface area contributed by atoms with Gasteiger partial charge in [-0.05, 0) is 39.5 Å². The number of carbonyl (C=O) groups excluding carboxylic acids is 1. The lowest BCUT2D eigenvalue weighted by atomic mass is 9.99. The van der Waals surface area contributed by atoms with Crippen LogP contribution in [0.5, 0.6) is 0 Å². The third-order valence-electron chi connectivity index (χ3n) is 4.45. The Kier molecular flexibility index (Phi) is 5.22. The zero-order valence-corrected chi connectivity index (χ0v) is 12.9. The zero-order valence-electron chi connectivity index (χ0n) is 12.9. The van der Waals surface area contributed by atoms with Gasteiger partial charge in [0.05, 0.1) is 0 Å². The van der Waals surface area contributed by atoms with Crippen molar-refractivity contribution in [1.82, 2.24) is 14.5 Å². The molecule has 1 aliphatic heterocycles. The van der Waals surface area contributed by atoms with Gasteiger partial charge in [0.15, 0.2) is 0 Å². The molecule has 2 rings (SSSR count).